The van der Waals surface area contributed by atoms with E-state index >= 15 is 0 Å². The molecule has 0 bridgehead atoms. The second kappa shape index (κ2) is 6.38. The average Bonchev–Trinajstić information content (AvgIpc) is 2.35. The lowest BCUT2D eigenvalue weighted by atomic mass is 10.0. The number of aliphatic hydroxyl groups is 1. The van der Waals surface area contributed by atoms with E-state index in [2.05, 4.69) is 9.71 Å². The number of rotatable bonds is 7. The molecule has 108 valence electrons. The molecule has 1 aromatic heterocycles. The maximum Gasteiger partial charge on any atom is 0.261 e. The summed E-state index contributed by atoms with van der Waals surface area (Å²) in [5.41, 5.74) is -1.28. The Morgan fingerprint density at radius 1 is 1.58 bits per heavy atom. The van der Waals surface area contributed by atoms with E-state index in [9.17, 15) is 17.9 Å². The van der Waals surface area contributed by atoms with Gasteiger partial charge < -0.3 is 9.84 Å². The van der Waals surface area contributed by atoms with E-state index in [-0.39, 0.29) is 19.6 Å². The molecule has 1 heterocycles. The number of ether oxygens (including phenoxy) is 1. The Kier molecular flexibility index (Phi) is 5.36. The zero-order valence-corrected chi connectivity index (χ0v) is 11.6. The summed E-state index contributed by atoms with van der Waals surface area (Å²) in [6.07, 6.45) is 1.43. The Morgan fingerprint density at radius 2 is 2.26 bits per heavy atom. The summed E-state index contributed by atoms with van der Waals surface area (Å²) in [4.78, 5) is 3.48. The third-order valence-electron chi connectivity index (χ3n) is 2.47. The number of hydrogen-bond acceptors (Lipinski definition) is 5. The highest BCUT2D eigenvalue weighted by Gasteiger charge is 2.26. The standard InChI is InChI=1S/C11H17FN2O4S/c1-11(15,5-7-18-2)8-14-19(16,17)10-9(12)4-3-6-13-10/h3-4,6,14-15H,5,7-8H2,1-2H3. The molecule has 0 aliphatic rings. The van der Waals surface area contributed by atoms with Gasteiger partial charge in [0.1, 0.15) is 0 Å². The molecule has 6 nitrogen and oxygen atoms in total. The molecule has 19 heavy (non-hydrogen) atoms. The van der Waals surface area contributed by atoms with Crippen molar-refractivity contribution < 1.29 is 22.7 Å². The Hall–Kier alpha value is -1.09. The van der Waals surface area contributed by atoms with Gasteiger partial charge in [0, 0.05) is 32.9 Å². The highest BCUT2D eigenvalue weighted by atomic mass is 32.2. The lowest BCUT2D eigenvalue weighted by molar-refractivity contribution is 0.0291. The maximum absolute atomic E-state index is 13.3. The zero-order valence-electron chi connectivity index (χ0n) is 10.8. The van der Waals surface area contributed by atoms with E-state index < -0.39 is 26.5 Å². The van der Waals surface area contributed by atoms with Crippen LogP contribution in [-0.4, -0.2) is 44.4 Å². The van der Waals surface area contributed by atoms with Crippen LogP contribution in [0.5, 0.6) is 0 Å². The molecule has 1 unspecified atom stereocenters. The van der Waals surface area contributed by atoms with E-state index in [0.717, 1.165) is 6.07 Å². The number of nitrogens with zero attached hydrogens (tertiary/aromatic N) is 1. The third-order valence-corrected chi connectivity index (χ3v) is 3.80. The summed E-state index contributed by atoms with van der Waals surface area (Å²) < 4.78 is 43.9. The van der Waals surface area contributed by atoms with Crippen LogP contribution in [0, 0.1) is 5.82 Å². The number of hydrogen-bond donors (Lipinski definition) is 2. The Morgan fingerprint density at radius 3 is 2.84 bits per heavy atom. The van der Waals surface area contributed by atoms with E-state index in [0.29, 0.717) is 0 Å². The largest absolute Gasteiger partial charge is 0.389 e. The van der Waals surface area contributed by atoms with Crippen LogP contribution in [0.1, 0.15) is 13.3 Å². The first-order chi connectivity index (χ1) is 8.78. The van der Waals surface area contributed by atoms with Gasteiger partial charge in [-0.3, -0.25) is 0 Å². The number of nitrogens with one attached hydrogen (secondary N) is 1. The Labute approximate surface area is 111 Å². The van der Waals surface area contributed by atoms with Gasteiger partial charge in [-0.25, -0.2) is 22.5 Å². The molecule has 0 fully saturated rings. The van der Waals surface area contributed by atoms with Crippen molar-refractivity contribution in [3.05, 3.63) is 24.1 Å². The first-order valence-corrected chi connectivity index (χ1v) is 7.08. The van der Waals surface area contributed by atoms with Crippen molar-refractivity contribution in [2.24, 2.45) is 0 Å². The van der Waals surface area contributed by atoms with Crippen LogP contribution in [0.15, 0.2) is 23.4 Å². The van der Waals surface area contributed by atoms with Crippen molar-refractivity contribution in [2.75, 3.05) is 20.3 Å². The second-order valence-corrected chi connectivity index (χ2v) is 6.04. The Balaban J connectivity index is 2.74. The molecule has 0 aromatic carbocycles. The maximum atomic E-state index is 13.3. The molecule has 0 aliphatic carbocycles. The summed E-state index contributed by atoms with van der Waals surface area (Å²) in [5, 5.41) is 9.22. The smallest absolute Gasteiger partial charge is 0.261 e. The molecule has 1 aromatic rings. The van der Waals surface area contributed by atoms with Gasteiger partial charge in [-0.2, -0.15) is 0 Å². The van der Waals surface area contributed by atoms with Crippen LogP contribution in [0.3, 0.4) is 0 Å². The van der Waals surface area contributed by atoms with Gasteiger partial charge in [0.2, 0.25) is 5.03 Å². The van der Waals surface area contributed by atoms with Crippen LogP contribution in [0.4, 0.5) is 4.39 Å². The van der Waals surface area contributed by atoms with Crippen molar-refractivity contribution in [1.29, 1.82) is 0 Å². The SMILES string of the molecule is COCCC(C)(O)CNS(=O)(=O)c1ncccc1F. The van der Waals surface area contributed by atoms with Gasteiger partial charge in [-0.15, -0.1) is 0 Å². The second-order valence-electron chi connectivity index (χ2n) is 4.35. The van der Waals surface area contributed by atoms with Crippen LogP contribution in [0.2, 0.25) is 0 Å². The van der Waals surface area contributed by atoms with Gasteiger partial charge in [0.05, 0.1) is 5.60 Å². The topological polar surface area (TPSA) is 88.5 Å². The van der Waals surface area contributed by atoms with Gasteiger partial charge in [-0.05, 0) is 19.1 Å². The number of aromatic nitrogens is 1. The van der Waals surface area contributed by atoms with E-state index in [1.807, 2.05) is 0 Å². The fraction of sp³-hybridized carbons (Fsp3) is 0.545. The summed E-state index contributed by atoms with van der Waals surface area (Å²) in [5.74, 6) is -0.938. The zero-order chi connectivity index (χ0) is 14.5. The highest BCUT2D eigenvalue weighted by Crippen LogP contribution is 2.12. The van der Waals surface area contributed by atoms with E-state index in [1.165, 1.54) is 26.3 Å². The first kappa shape index (κ1) is 16.0. The molecular weight excluding hydrogens is 275 g/mol. The first-order valence-electron chi connectivity index (χ1n) is 5.60. The summed E-state index contributed by atoms with van der Waals surface area (Å²) in [6.45, 7) is 1.49. The average molecular weight is 292 g/mol. The molecule has 0 saturated heterocycles. The lowest BCUT2D eigenvalue weighted by Gasteiger charge is -2.23. The molecule has 1 rings (SSSR count). The van der Waals surface area contributed by atoms with Gasteiger partial charge in [-0.1, -0.05) is 0 Å². The molecule has 1 atom stereocenters. The highest BCUT2D eigenvalue weighted by molar-refractivity contribution is 7.89. The molecule has 8 heteroatoms. The third kappa shape index (κ3) is 4.83. The van der Waals surface area contributed by atoms with Crippen molar-refractivity contribution in [1.82, 2.24) is 9.71 Å². The lowest BCUT2D eigenvalue weighted by Crippen LogP contribution is -2.41. The summed E-state index contributed by atoms with van der Waals surface area (Å²) in [6, 6.07) is 2.30. The fourth-order valence-corrected chi connectivity index (χ4v) is 2.46. The molecular formula is C11H17FN2O4S. The summed E-state index contributed by atoms with van der Waals surface area (Å²) in [7, 11) is -2.61. The number of methoxy groups -OCH3 is 1. The van der Waals surface area contributed by atoms with Gasteiger partial charge in [0.15, 0.2) is 5.82 Å². The monoisotopic (exact) mass is 292 g/mol. The number of pyridine rings is 1. The molecule has 0 saturated carbocycles. The minimum Gasteiger partial charge on any atom is -0.389 e. The van der Waals surface area contributed by atoms with Gasteiger partial charge in [0.25, 0.3) is 10.0 Å². The van der Waals surface area contributed by atoms with Crippen LogP contribution in [-0.2, 0) is 14.8 Å². The normalized spacial score (nSPS) is 15.2. The van der Waals surface area contributed by atoms with Crippen molar-refractivity contribution >= 4 is 10.0 Å². The molecule has 0 aliphatic heterocycles. The number of halogens is 1. The van der Waals surface area contributed by atoms with E-state index in [1.54, 1.807) is 0 Å². The van der Waals surface area contributed by atoms with Crippen LogP contribution in [0.25, 0.3) is 0 Å². The number of sulfonamides is 1. The van der Waals surface area contributed by atoms with Crippen molar-refractivity contribution in [3.63, 3.8) is 0 Å². The van der Waals surface area contributed by atoms with Gasteiger partial charge >= 0.3 is 0 Å². The predicted octanol–water partition coefficient (Wildman–Crippen LogP) is 0.287. The molecule has 0 spiro atoms. The summed E-state index contributed by atoms with van der Waals surface area (Å²) >= 11 is 0. The van der Waals surface area contributed by atoms with Crippen molar-refractivity contribution in [2.45, 2.75) is 24.0 Å². The Bertz CT molecular complexity index is 519. The minimum absolute atomic E-state index is 0.247. The molecule has 0 radical (unpaired) electrons. The van der Waals surface area contributed by atoms with Crippen LogP contribution >= 0.6 is 0 Å². The molecule has 2 N–H and O–H groups in total. The van der Waals surface area contributed by atoms with E-state index in [4.69, 9.17) is 4.74 Å². The molecule has 0 amide bonds. The van der Waals surface area contributed by atoms with Crippen molar-refractivity contribution in [3.8, 4) is 0 Å². The fourth-order valence-electron chi connectivity index (χ4n) is 1.30. The van der Waals surface area contributed by atoms with Crippen LogP contribution < -0.4 is 4.72 Å². The quantitative estimate of drug-likeness (QED) is 0.754. The minimum atomic E-state index is -4.09. The predicted molar refractivity (Wildman–Crippen MR) is 66.5 cm³/mol.